The number of ether oxygens (including phenoxy) is 1. The van der Waals surface area contributed by atoms with E-state index in [1.54, 1.807) is 6.08 Å². The van der Waals surface area contributed by atoms with Crippen molar-refractivity contribution in [1.82, 2.24) is 0 Å². The number of hydrogen-bond donors (Lipinski definition) is 0. The summed E-state index contributed by atoms with van der Waals surface area (Å²) in [6.07, 6.45) is 5.14. The summed E-state index contributed by atoms with van der Waals surface area (Å²) in [4.78, 5) is 13.1. The van der Waals surface area contributed by atoms with E-state index < -0.39 is 13.9 Å². The van der Waals surface area contributed by atoms with E-state index in [2.05, 4.69) is 46.9 Å². The third-order valence-corrected chi connectivity index (χ3v) is 11.8. The molecule has 4 atom stereocenters. The Hall–Kier alpha value is -0.963. The van der Waals surface area contributed by atoms with Crippen LogP contribution < -0.4 is 0 Å². The number of nitriles is 1. The molecule has 0 radical (unpaired) electrons. The highest BCUT2D eigenvalue weighted by atomic mass is 28.4. The quantitative estimate of drug-likeness (QED) is 0.700. The zero-order chi connectivity index (χ0) is 18.7. The largest absolute Gasteiger partial charge is 0.416 e. The molecule has 0 aromatic heterocycles. The van der Waals surface area contributed by atoms with E-state index in [0.717, 1.165) is 25.7 Å². The van der Waals surface area contributed by atoms with E-state index in [9.17, 15) is 10.1 Å². The molecule has 2 heterocycles. The van der Waals surface area contributed by atoms with Crippen LogP contribution in [0.2, 0.25) is 18.1 Å². The normalized spacial score (nSPS) is 38.1. The second kappa shape index (κ2) is 5.77. The zero-order valence-corrected chi connectivity index (χ0v) is 17.4. The minimum atomic E-state index is -1.88. The van der Waals surface area contributed by atoms with Gasteiger partial charge in [0.05, 0.1) is 17.7 Å². The van der Waals surface area contributed by atoms with Crippen LogP contribution in [0.3, 0.4) is 0 Å². The van der Waals surface area contributed by atoms with Gasteiger partial charge in [0.15, 0.2) is 14.1 Å². The molecule has 3 aliphatic rings. The smallest absolute Gasteiger partial charge is 0.191 e. The second-order valence-electron chi connectivity index (χ2n) is 9.84. The van der Waals surface area contributed by atoms with Gasteiger partial charge in [-0.25, -0.2) is 0 Å². The molecule has 2 bridgehead atoms. The van der Waals surface area contributed by atoms with Gasteiger partial charge >= 0.3 is 0 Å². The summed E-state index contributed by atoms with van der Waals surface area (Å²) in [5.74, 6) is 0.0678. The first-order valence-electron chi connectivity index (χ1n) is 9.45. The highest BCUT2D eigenvalue weighted by molar-refractivity contribution is 6.74. The fourth-order valence-electron chi connectivity index (χ4n) is 4.69. The Morgan fingerprint density at radius 3 is 2.72 bits per heavy atom. The first-order valence-corrected chi connectivity index (χ1v) is 12.4. The molecule has 0 amide bonds. The van der Waals surface area contributed by atoms with Crippen LogP contribution in [0.4, 0.5) is 0 Å². The highest BCUT2D eigenvalue weighted by Crippen LogP contribution is 2.61. The van der Waals surface area contributed by atoms with E-state index in [4.69, 9.17) is 9.16 Å². The summed E-state index contributed by atoms with van der Waals surface area (Å²) >= 11 is 0. The molecule has 1 aliphatic carbocycles. The molecule has 0 unspecified atom stereocenters. The standard InChI is InChI=1S/C20H31NO3Si/c1-18(2,3)25(5,6)23-13-15-8-7-9-19(4)11-16-14(12-21)10-17(22)20(15,19)24-16/h10,15-16H,7-9,11,13H2,1-6H3/t15-,16-,19+,20-/m1/s1. The predicted molar refractivity (Wildman–Crippen MR) is 99.5 cm³/mol. The van der Waals surface area contributed by atoms with Gasteiger partial charge in [0, 0.05) is 24.0 Å². The molecule has 2 fully saturated rings. The molecule has 0 aromatic carbocycles. The van der Waals surface area contributed by atoms with E-state index in [1.807, 2.05) is 0 Å². The Balaban J connectivity index is 1.90. The average molecular weight is 362 g/mol. The molecule has 4 nitrogen and oxygen atoms in total. The lowest BCUT2D eigenvalue weighted by Gasteiger charge is -2.51. The van der Waals surface area contributed by atoms with Gasteiger partial charge in [0.25, 0.3) is 0 Å². The predicted octanol–water partition coefficient (Wildman–Crippen LogP) is 4.37. The van der Waals surface area contributed by atoms with Crippen LogP contribution in [0.1, 0.15) is 53.4 Å². The maximum absolute atomic E-state index is 13.1. The summed E-state index contributed by atoms with van der Waals surface area (Å²) in [5, 5.41) is 9.48. The Morgan fingerprint density at radius 2 is 2.12 bits per heavy atom. The molecule has 1 spiro atoms. The Bertz CT molecular complexity index is 657. The van der Waals surface area contributed by atoms with Gasteiger partial charge in [0.2, 0.25) is 0 Å². The fraction of sp³-hybridized carbons (Fsp3) is 0.800. The third kappa shape index (κ3) is 2.65. The first-order chi connectivity index (χ1) is 11.5. The number of fused-ring (bicyclic) bond motifs is 1. The average Bonchev–Trinajstić information content (AvgIpc) is 2.78. The van der Waals surface area contributed by atoms with Crippen LogP contribution in [0, 0.1) is 22.7 Å². The fourth-order valence-corrected chi connectivity index (χ4v) is 5.74. The van der Waals surface area contributed by atoms with Crippen LogP contribution in [-0.2, 0) is 14.0 Å². The van der Waals surface area contributed by atoms with Crippen molar-refractivity contribution in [2.45, 2.75) is 83.2 Å². The number of hydrogen-bond acceptors (Lipinski definition) is 4. The lowest BCUT2D eigenvalue weighted by atomic mass is 9.58. The third-order valence-electron chi connectivity index (χ3n) is 7.30. The van der Waals surface area contributed by atoms with Crippen LogP contribution >= 0.6 is 0 Å². The topological polar surface area (TPSA) is 59.3 Å². The van der Waals surface area contributed by atoms with Gasteiger partial charge in [-0.1, -0.05) is 34.1 Å². The van der Waals surface area contributed by atoms with Gasteiger partial charge < -0.3 is 9.16 Å². The van der Waals surface area contributed by atoms with Gasteiger partial charge in [-0.3, -0.25) is 4.79 Å². The van der Waals surface area contributed by atoms with E-state index in [0.29, 0.717) is 12.2 Å². The van der Waals surface area contributed by atoms with E-state index >= 15 is 0 Å². The number of nitrogens with zero attached hydrogens (tertiary/aromatic N) is 1. The number of carbonyl (C=O) groups excluding carboxylic acids is 1. The van der Waals surface area contributed by atoms with Gasteiger partial charge in [-0.2, -0.15) is 5.26 Å². The zero-order valence-electron chi connectivity index (χ0n) is 16.4. The molecule has 0 aromatic rings. The molecule has 3 rings (SSSR count). The van der Waals surface area contributed by atoms with Gasteiger partial charge in [-0.15, -0.1) is 0 Å². The number of carbonyl (C=O) groups is 1. The maximum atomic E-state index is 13.1. The van der Waals surface area contributed by atoms with Crippen molar-refractivity contribution in [2.75, 3.05) is 6.61 Å². The molecule has 1 saturated carbocycles. The molecular formula is C20H31NO3Si. The van der Waals surface area contributed by atoms with Crippen LogP contribution in [-0.4, -0.2) is 32.4 Å². The van der Waals surface area contributed by atoms with Crippen molar-refractivity contribution in [2.24, 2.45) is 11.3 Å². The minimum absolute atomic E-state index is 0.0103. The summed E-state index contributed by atoms with van der Waals surface area (Å²) in [5.41, 5.74) is -0.488. The van der Waals surface area contributed by atoms with Crippen molar-refractivity contribution in [1.29, 1.82) is 5.26 Å². The van der Waals surface area contributed by atoms with Gasteiger partial charge in [-0.05, 0) is 37.4 Å². The van der Waals surface area contributed by atoms with Gasteiger partial charge in [0.1, 0.15) is 5.60 Å². The van der Waals surface area contributed by atoms with Crippen LogP contribution in [0.25, 0.3) is 0 Å². The summed E-state index contributed by atoms with van der Waals surface area (Å²) < 4.78 is 12.9. The van der Waals surface area contributed by atoms with E-state index in [1.165, 1.54) is 0 Å². The maximum Gasteiger partial charge on any atom is 0.191 e. The molecule has 0 N–H and O–H groups in total. The highest BCUT2D eigenvalue weighted by Gasteiger charge is 2.67. The Labute approximate surface area is 152 Å². The number of rotatable bonds is 3. The Morgan fingerprint density at radius 1 is 1.44 bits per heavy atom. The van der Waals surface area contributed by atoms with Crippen molar-refractivity contribution < 1.29 is 14.0 Å². The SMILES string of the molecule is CC(C)(C)[Si](C)(C)OC[C@H]1CCC[C@@]2(C)C[C@H]3O[C@@]12C(=O)C=C3C#N. The van der Waals surface area contributed by atoms with E-state index in [-0.39, 0.29) is 28.3 Å². The molecule has 5 heteroatoms. The summed E-state index contributed by atoms with van der Waals surface area (Å²) in [6.45, 7) is 14.0. The lowest BCUT2D eigenvalue weighted by molar-refractivity contribution is -0.172. The molecule has 25 heavy (non-hydrogen) atoms. The molecule has 2 aliphatic heterocycles. The molecule has 138 valence electrons. The summed E-state index contributed by atoms with van der Waals surface area (Å²) in [6, 6.07) is 2.17. The van der Waals surface area contributed by atoms with Crippen LogP contribution in [0.5, 0.6) is 0 Å². The summed E-state index contributed by atoms with van der Waals surface area (Å²) in [7, 11) is -1.88. The second-order valence-corrected chi connectivity index (χ2v) is 14.7. The Kier molecular flexibility index (Phi) is 4.34. The lowest BCUT2D eigenvalue weighted by Crippen LogP contribution is -2.60. The van der Waals surface area contributed by atoms with Crippen LogP contribution in [0.15, 0.2) is 11.6 Å². The van der Waals surface area contributed by atoms with Crippen molar-refractivity contribution in [3.8, 4) is 6.07 Å². The van der Waals surface area contributed by atoms with Crippen molar-refractivity contribution in [3.63, 3.8) is 0 Å². The first kappa shape index (κ1) is 18.8. The van der Waals surface area contributed by atoms with Crippen molar-refractivity contribution in [3.05, 3.63) is 11.6 Å². The number of ketones is 1. The monoisotopic (exact) mass is 361 g/mol. The minimum Gasteiger partial charge on any atom is -0.416 e. The molecule has 1 saturated heterocycles. The van der Waals surface area contributed by atoms with Crippen molar-refractivity contribution >= 4 is 14.1 Å². The molecular weight excluding hydrogens is 330 g/mol.